The molecule has 0 saturated carbocycles. The van der Waals surface area contributed by atoms with E-state index in [9.17, 15) is 4.79 Å². The van der Waals surface area contributed by atoms with Gasteiger partial charge in [0.2, 0.25) is 0 Å². The van der Waals surface area contributed by atoms with Crippen LogP contribution in [0.3, 0.4) is 0 Å². The average molecular weight is 835 g/mol. The number of hydrogen-bond acceptors (Lipinski definition) is 14. The molecule has 0 radical (unpaired) electrons. The maximum absolute atomic E-state index is 13.5. The molecule has 60 heavy (non-hydrogen) atoms. The van der Waals surface area contributed by atoms with Crippen LogP contribution in [0.15, 0.2) is 78.9 Å². The van der Waals surface area contributed by atoms with Crippen LogP contribution in [-0.4, -0.2) is 140 Å². The molecule has 0 aliphatic carbocycles. The molecule has 0 spiro atoms. The molecule has 0 saturated heterocycles. The van der Waals surface area contributed by atoms with Crippen molar-refractivity contribution in [1.29, 1.82) is 0 Å². The van der Waals surface area contributed by atoms with Gasteiger partial charge >= 0.3 is 5.97 Å². The Balaban J connectivity index is 1.07. The van der Waals surface area contributed by atoms with E-state index in [0.29, 0.717) is 115 Å². The molecule has 14 nitrogen and oxygen atoms in total. The molecule has 1 aliphatic heterocycles. The first-order valence-corrected chi connectivity index (χ1v) is 20.1. The first-order chi connectivity index (χ1) is 29.6. The van der Waals surface area contributed by atoms with E-state index in [-0.39, 0.29) is 18.8 Å². The second kappa shape index (κ2) is 25.8. The van der Waals surface area contributed by atoms with E-state index in [1.807, 2.05) is 84.9 Å². The van der Waals surface area contributed by atoms with E-state index in [4.69, 9.17) is 61.6 Å². The fraction of sp³-hybridized carbons (Fsp3) is 0.457. The van der Waals surface area contributed by atoms with Gasteiger partial charge in [-0.1, -0.05) is 48.5 Å². The lowest BCUT2D eigenvalue weighted by atomic mass is 9.82. The zero-order valence-corrected chi connectivity index (χ0v) is 35.1. The van der Waals surface area contributed by atoms with Crippen LogP contribution in [0.1, 0.15) is 27.0 Å². The molecule has 14 heteroatoms. The molecular formula is C46H58O14. The minimum absolute atomic E-state index is 0.187. The van der Waals surface area contributed by atoms with Crippen molar-refractivity contribution in [1.82, 2.24) is 0 Å². The molecule has 0 N–H and O–H groups in total. The molecule has 326 valence electrons. The molecule has 0 atom stereocenters. The molecule has 1 aliphatic rings. The molecule has 0 amide bonds. The Morgan fingerprint density at radius 1 is 0.517 bits per heavy atom. The summed E-state index contributed by atoms with van der Waals surface area (Å²) in [5, 5.41) is 1.47. The first-order valence-electron chi connectivity index (χ1n) is 20.1. The fourth-order valence-corrected chi connectivity index (χ4v) is 6.43. The average Bonchev–Trinajstić information content (AvgIpc) is 3.30. The molecule has 4 aromatic carbocycles. The number of ether oxygens (including phenoxy) is 13. The van der Waals surface area contributed by atoms with Gasteiger partial charge in [0.15, 0.2) is 5.60 Å². The third kappa shape index (κ3) is 13.1. The first kappa shape index (κ1) is 46.3. The van der Waals surface area contributed by atoms with Crippen molar-refractivity contribution in [3.63, 3.8) is 0 Å². The summed E-state index contributed by atoms with van der Waals surface area (Å²) in [6.45, 7) is 7.21. The molecule has 1 heterocycles. The van der Waals surface area contributed by atoms with Crippen molar-refractivity contribution >= 4 is 22.8 Å². The van der Waals surface area contributed by atoms with Gasteiger partial charge in [0.1, 0.15) is 35.2 Å². The molecule has 0 fully saturated rings. The maximum Gasteiger partial charge on any atom is 0.342 e. The second-order valence-corrected chi connectivity index (χ2v) is 13.2. The predicted octanol–water partition coefficient (Wildman–Crippen LogP) is 6.13. The van der Waals surface area contributed by atoms with Crippen molar-refractivity contribution in [2.24, 2.45) is 0 Å². The van der Waals surface area contributed by atoms with Gasteiger partial charge < -0.3 is 61.6 Å². The van der Waals surface area contributed by atoms with Crippen LogP contribution in [0, 0.1) is 0 Å². The zero-order chi connectivity index (χ0) is 42.3. The highest BCUT2D eigenvalue weighted by molar-refractivity contribution is 6.08. The molecule has 5 rings (SSSR count). The summed E-state index contributed by atoms with van der Waals surface area (Å²) in [6, 6.07) is 23.2. The summed E-state index contributed by atoms with van der Waals surface area (Å²) < 4.78 is 73.3. The number of carbonyl (C=O) groups excluding carboxylic acids is 1. The van der Waals surface area contributed by atoms with Crippen molar-refractivity contribution in [2.45, 2.75) is 5.60 Å². The molecular weight excluding hydrogens is 776 g/mol. The van der Waals surface area contributed by atoms with E-state index in [1.54, 1.807) is 21.3 Å². The van der Waals surface area contributed by atoms with Gasteiger partial charge in [-0.05, 0) is 36.4 Å². The lowest BCUT2D eigenvalue weighted by Gasteiger charge is -2.37. The van der Waals surface area contributed by atoms with Crippen LogP contribution in [0.5, 0.6) is 23.0 Å². The normalized spacial score (nSPS) is 12.9. The van der Waals surface area contributed by atoms with Crippen molar-refractivity contribution in [3.8, 4) is 23.0 Å². The Kier molecular flexibility index (Phi) is 19.9. The number of hydrogen-bond donors (Lipinski definition) is 0. The quantitative estimate of drug-likeness (QED) is 0.0440. The second-order valence-electron chi connectivity index (χ2n) is 13.2. The van der Waals surface area contributed by atoms with Crippen LogP contribution in [0.4, 0.5) is 0 Å². The van der Waals surface area contributed by atoms with Gasteiger partial charge in [-0.3, -0.25) is 0 Å². The van der Waals surface area contributed by atoms with Crippen LogP contribution in [0.2, 0.25) is 0 Å². The third-order valence-corrected chi connectivity index (χ3v) is 9.47. The number of methoxy groups -OCH3 is 4. The minimum Gasteiger partial charge on any atom is -0.497 e. The van der Waals surface area contributed by atoms with E-state index in [0.717, 1.165) is 28.0 Å². The molecule has 0 bridgehead atoms. The lowest BCUT2D eigenvalue weighted by molar-refractivity contribution is -0.0227. The number of benzene rings is 4. The van der Waals surface area contributed by atoms with Crippen molar-refractivity contribution in [3.05, 3.63) is 101 Å². The topological polar surface area (TPSA) is 137 Å². The highest BCUT2D eigenvalue weighted by atomic mass is 16.6. The number of esters is 1. The Morgan fingerprint density at radius 2 is 0.933 bits per heavy atom. The summed E-state index contributed by atoms with van der Waals surface area (Å²) >= 11 is 0. The highest BCUT2D eigenvalue weighted by Gasteiger charge is 2.40. The monoisotopic (exact) mass is 834 g/mol. The van der Waals surface area contributed by atoms with Crippen molar-refractivity contribution < 1.29 is 66.4 Å². The van der Waals surface area contributed by atoms with Gasteiger partial charge in [0.25, 0.3) is 0 Å². The molecule has 4 aromatic rings. The van der Waals surface area contributed by atoms with E-state index in [1.165, 1.54) is 7.11 Å². The Hall–Kier alpha value is -4.77. The van der Waals surface area contributed by atoms with Crippen LogP contribution in [0.25, 0.3) is 16.8 Å². The van der Waals surface area contributed by atoms with Gasteiger partial charge in [-0.25, -0.2) is 4.79 Å². The maximum atomic E-state index is 13.5. The molecule has 0 aromatic heterocycles. The largest absolute Gasteiger partial charge is 0.497 e. The van der Waals surface area contributed by atoms with Crippen LogP contribution < -0.4 is 18.9 Å². The lowest BCUT2D eigenvalue weighted by Crippen LogP contribution is -2.34. The number of fused-ring (bicyclic) bond motifs is 3. The Labute approximate surface area is 352 Å². The van der Waals surface area contributed by atoms with Gasteiger partial charge in [-0.2, -0.15) is 0 Å². The number of rotatable bonds is 30. The van der Waals surface area contributed by atoms with Crippen LogP contribution in [-0.2, 0) is 48.2 Å². The fourth-order valence-electron chi connectivity index (χ4n) is 6.43. The van der Waals surface area contributed by atoms with Gasteiger partial charge in [0.05, 0.1) is 120 Å². The Bertz CT molecular complexity index is 1830. The van der Waals surface area contributed by atoms with Gasteiger partial charge in [0, 0.05) is 34.6 Å². The molecule has 0 unspecified atom stereocenters. The standard InChI is InChI=1S/C46H58O14/c1-48-19-20-52-21-22-53-23-24-54-25-26-55-27-28-56-29-30-57-31-32-58-33-34-59-44-40-8-6-5-7-39(40)43-41(42(44)45(47)51-4)17-18-46(60-43,35-9-13-37(49-2)14-10-35)36-11-15-38(50-3)16-12-36/h5-18H,19-34H2,1-4H3. The summed E-state index contributed by atoms with van der Waals surface area (Å²) in [5.41, 5.74) is 1.50. The van der Waals surface area contributed by atoms with Crippen molar-refractivity contribution in [2.75, 3.05) is 134 Å². The predicted molar refractivity (Wildman–Crippen MR) is 225 cm³/mol. The van der Waals surface area contributed by atoms with E-state index < -0.39 is 11.6 Å². The zero-order valence-electron chi connectivity index (χ0n) is 35.1. The van der Waals surface area contributed by atoms with E-state index >= 15 is 0 Å². The summed E-state index contributed by atoms with van der Waals surface area (Å²) in [4.78, 5) is 13.5. The summed E-state index contributed by atoms with van der Waals surface area (Å²) in [7, 11) is 6.25. The Morgan fingerprint density at radius 3 is 1.35 bits per heavy atom. The summed E-state index contributed by atoms with van der Waals surface area (Å²) in [6.07, 6.45) is 3.86. The third-order valence-electron chi connectivity index (χ3n) is 9.47. The highest BCUT2D eigenvalue weighted by Crippen LogP contribution is 2.49. The van der Waals surface area contributed by atoms with Crippen LogP contribution >= 0.6 is 0 Å². The minimum atomic E-state index is -1.05. The smallest absolute Gasteiger partial charge is 0.342 e. The summed E-state index contributed by atoms with van der Waals surface area (Å²) in [5.74, 6) is 1.80. The van der Waals surface area contributed by atoms with Gasteiger partial charge in [-0.15, -0.1) is 0 Å². The SMILES string of the molecule is COCCOCCOCCOCCOCCOCCOCCOCCOc1c(C(=O)OC)c2c(c3ccccc13)OC(c1ccc(OC)cc1)(c1ccc(OC)cc1)C=C2. The van der Waals surface area contributed by atoms with E-state index in [2.05, 4.69) is 0 Å². The number of carbonyl (C=O) groups is 1.